The molecule has 29 heavy (non-hydrogen) atoms. The van der Waals surface area contributed by atoms with Crippen LogP contribution >= 0.6 is 0 Å². The fourth-order valence-corrected chi connectivity index (χ4v) is 3.09. The Balaban J connectivity index is 1.60. The molecule has 0 aliphatic rings. The number of aromatic nitrogens is 5. The van der Waals surface area contributed by atoms with Crippen LogP contribution in [0.5, 0.6) is 0 Å². The van der Waals surface area contributed by atoms with Gasteiger partial charge < -0.3 is 5.32 Å². The highest BCUT2D eigenvalue weighted by molar-refractivity contribution is 6.06. The second kappa shape index (κ2) is 7.27. The zero-order chi connectivity index (χ0) is 20.5. The second-order valence-corrected chi connectivity index (χ2v) is 6.39. The number of hydrogen-bond donors (Lipinski definition) is 1. The van der Waals surface area contributed by atoms with Gasteiger partial charge in [-0.3, -0.25) is 4.79 Å². The lowest BCUT2D eigenvalue weighted by atomic mass is 10.1. The van der Waals surface area contributed by atoms with E-state index in [1.165, 1.54) is 17.1 Å². The first kappa shape index (κ1) is 18.5. The maximum Gasteiger partial charge on any atom is 0.259 e. The summed E-state index contributed by atoms with van der Waals surface area (Å²) in [4.78, 5) is 16.7. The normalized spacial score (nSPS) is 10.9. The highest BCUT2D eigenvalue weighted by atomic mass is 19.1. The molecule has 0 fully saturated rings. The molecule has 2 heterocycles. The third-order valence-corrected chi connectivity index (χ3v) is 4.46. The van der Waals surface area contributed by atoms with Gasteiger partial charge in [-0.1, -0.05) is 0 Å². The highest BCUT2D eigenvalue weighted by Gasteiger charge is 2.21. The molecule has 0 spiro atoms. The summed E-state index contributed by atoms with van der Waals surface area (Å²) in [7, 11) is 0. The maximum absolute atomic E-state index is 14.1. The van der Waals surface area contributed by atoms with Gasteiger partial charge in [0.1, 0.15) is 24.2 Å². The highest BCUT2D eigenvalue weighted by Crippen LogP contribution is 2.22. The number of carbonyl (C=O) groups excluding carboxylic acids is 1. The largest absolute Gasteiger partial charge is 0.322 e. The van der Waals surface area contributed by atoms with Gasteiger partial charge in [0.2, 0.25) is 0 Å². The van der Waals surface area contributed by atoms with E-state index in [0.29, 0.717) is 22.6 Å². The molecule has 9 heteroatoms. The SMILES string of the molecule is Cc1nn(-c2ccc(F)cc2F)c(C)c1C(=O)Nc1ccc(-n2cncn2)cc1. The Hall–Kier alpha value is -3.88. The van der Waals surface area contributed by atoms with Crippen molar-refractivity contribution >= 4 is 11.6 Å². The Bertz CT molecular complexity index is 1180. The average molecular weight is 394 g/mol. The van der Waals surface area contributed by atoms with E-state index in [1.807, 2.05) is 0 Å². The van der Waals surface area contributed by atoms with E-state index in [-0.39, 0.29) is 11.6 Å². The summed E-state index contributed by atoms with van der Waals surface area (Å²) in [5.41, 5.74) is 2.66. The van der Waals surface area contributed by atoms with Gasteiger partial charge in [-0.05, 0) is 50.2 Å². The Labute approximate surface area is 164 Å². The molecule has 0 aliphatic carbocycles. The third-order valence-electron chi connectivity index (χ3n) is 4.46. The smallest absolute Gasteiger partial charge is 0.259 e. The van der Waals surface area contributed by atoms with E-state index < -0.39 is 11.6 Å². The lowest BCUT2D eigenvalue weighted by molar-refractivity contribution is 0.102. The van der Waals surface area contributed by atoms with Gasteiger partial charge in [0.25, 0.3) is 5.91 Å². The van der Waals surface area contributed by atoms with E-state index in [9.17, 15) is 13.6 Å². The monoisotopic (exact) mass is 394 g/mol. The van der Waals surface area contributed by atoms with Crippen molar-refractivity contribution in [2.75, 3.05) is 5.32 Å². The summed E-state index contributed by atoms with van der Waals surface area (Å²) in [5.74, 6) is -1.81. The molecule has 2 aromatic carbocycles. The van der Waals surface area contributed by atoms with Crippen LogP contribution in [0.25, 0.3) is 11.4 Å². The summed E-state index contributed by atoms with van der Waals surface area (Å²) < 4.78 is 30.2. The molecule has 2 aromatic heterocycles. The Kier molecular flexibility index (Phi) is 4.63. The van der Waals surface area contributed by atoms with Crippen LogP contribution < -0.4 is 5.32 Å². The van der Waals surface area contributed by atoms with Crippen molar-refractivity contribution in [2.24, 2.45) is 0 Å². The number of amides is 1. The number of nitrogens with one attached hydrogen (secondary N) is 1. The number of aryl methyl sites for hydroxylation is 1. The van der Waals surface area contributed by atoms with Crippen LogP contribution in [0.4, 0.5) is 14.5 Å². The van der Waals surface area contributed by atoms with Crippen LogP contribution in [0.3, 0.4) is 0 Å². The number of anilines is 1. The Morgan fingerprint density at radius 2 is 1.83 bits per heavy atom. The summed E-state index contributed by atoms with van der Waals surface area (Å²) in [6.07, 6.45) is 3.01. The molecule has 4 rings (SSSR count). The van der Waals surface area contributed by atoms with Crippen LogP contribution in [0, 0.1) is 25.5 Å². The van der Waals surface area contributed by atoms with Crippen LogP contribution in [-0.2, 0) is 0 Å². The number of rotatable bonds is 4. The summed E-state index contributed by atoms with van der Waals surface area (Å²) >= 11 is 0. The molecule has 0 bridgehead atoms. The van der Waals surface area contributed by atoms with Crippen LogP contribution in [0.15, 0.2) is 55.1 Å². The molecule has 4 aromatic rings. The van der Waals surface area contributed by atoms with Crippen molar-refractivity contribution in [3.05, 3.63) is 83.7 Å². The third kappa shape index (κ3) is 3.49. The summed E-state index contributed by atoms with van der Waals surface area (Å²) in [6, 6.07) is 10.3. The molecule has 1 amide bonds. The minimum atomic E-state index is -0.758. The van der Waals surface area contributed by atoms with Gasteiger partial charge in [-0.2, -0.15) is 10.2 Å². The van der Waals surface area contributed by atoms with Gasteiger partial charge in [0.05, 0.1) is 22.6 Å². The van der Waals surface area contributed by atoms with Crippen molar-refractivity contribution in [1.82, 2.24) is 24.5 Å². The average Bonchev–Trinajstić information content (AvgIpc) is 3.31. The molecule has 0 saturated carbocycles. The fourth-order valence-electron chi connectivity index (χ4n) is 3.09. The Morgan fingerprint density at radius 3 is 2.48 bits per heavy atom. The standard InChI is InChI=1S/C20H16F2N6O/c1-12-19(13(2)28(26-12)18-8-3-14(21)9-17(18)22)20(29)25-15-4-6-16(7-5-15)27-11-23-10-24-27/h3-11H,1-2H3,(H,25,29). The van der Waals surface area contributed by atoms with Gasteiger partial charge in [-0.15, -0.1) is 0 Å². The van der Waals surface area contributed by atoms with Crippen molar-refractivity contribution in [3.8, 4) is 11.4 Å². The lowest BCUT2D eigenvalue weighted by Crippen LogP contribution is -2.14. The van der Waals surface area contributed by atoms with Gasteiger partial charge in [-0.25, -0.2) is 23.1 Å². The first-order valence-corrected chi connectivity index (χ1v) is 8.72. The van der Waals surface area contributed by atoms with E-state index in [2.05, 4.69) is 20.5 Å². The van der Waals surface area contributed by atoms with E-state index in [1.54, 1.807) is 49.1 Å². The molecule has 0 saturated heterocycles. The number of nitrogens with zero attached hydrogens (tertiary/aromatic N) is 5. The molecule has 0 unspecified atom stereocenters. The predicted molar refractivity (Wildman–Crippen MR) is 102 cm³/mol. The van der Waals surface area contributed by atoms with Gasteiger partial charge in [0.15, 0.2) is 5.82 Å². The number of halogens is 2. The molecule has 7 nitrogen and oxygen atoms in total. The summed E-state index contributed by atoms with van der Waals surface area (Å²) in [5, 5.41) is 11.1. The van der Waals surface area contributed by atoms with E-state index in [4.69, 9.17) is 0 Å². The number of hydrogen-bond acceptors (Lipinski definition) is 4. The topological polar surface area (TPSA) is 77.6 Å². The fraction of sp³-hybridized carbons (Fsp3) is 0.100. The van der Waals surface area contributed by atoms with E-state index >= 15 is 0 Å². The minimum absolute atomic E-state index is 0.0724. The zero-order valence-electron chi connectivity index (χ0n) is 15.6. The van der Waals surface area contributed by atoms with Crippen molar-refractivity contribution < 1.29 is 13.6 Å². The summed E-state index contributed by atoms with van der Waals surface area (Å²) in [6.45, 7) is 3.32. The quantitative estimate of drug-likeness (QED) is 0.574. The maximum atomic E-state index is 14.1. The van der Waals surface area contributed by atoms with Crippen molar-refractivity contribution in [3.63, 3.8) is 0 Å². The van der Waals surface area contributed by atoms with Crippen LogP contribution in [0.1, 0.15) is 21.7 Å². The molecule has 1 N–H and O–H groups in total. The van der Waals surface area contributed by atoms with Gasteiger partial charge >= 0.3 is 0 Å². The molecule has 0 radical (unpaired) electrons. The predicted octanol–water partition coefficient (Wildman–Crippen LogP) is 3.60. The van der Waals surface area contributed by atoms with Crippen LogP contribution in [-0.4, -0.2) is 30.5 Å². The van der Waals surface area contributed by atoms with Crippen molar-refractivity contribution in [2.45, 2.75) is 13.8 Å². The molecule has 0 atom stereocenters. The minimum Gasteiger partial charge on any atom is -0.322 e. The Morgan fingerprint density at radius 1 is 1.07 bits per heavy atom. The first-order valence-electron chi connectivity index (χ1n) is 8.72. The molecular weight excluding hydrogens is 378 g/mol. The van der Waals surface area contributed by atoms with E-state index in [0.717, 1.165) is 17.8 Å². The molecule has 146 valence electrons. The second-order valence-electron chi connectivity index (χ2n) is 6.39. The first-order chi connectivity index (χ1) is 13.9. The molecular formula is C20H16F2N6O. The zero-order valence-corrected chi connectivity index (χ0v) is 15.6. The number of benzene rings is 2. The lowest BCUT2D eigenvalue weighted by Gasteiger charge is -2.08. The van der Waals surface area contributed by atoms with Crippen molar-refractivity contribution in [1.29, 1.82) is 0 Å². The molecule has 0 aliphatic heterocycles. The van der Waals surface area contributed by atoms with Gasteiger partial charge in [0, 0.05) is 11.8 Å². The van der Waals surface area contributed by atoms with Crippen LogP contribution in [0.2, 0.25) is 0 Å². The number of carbonyl (C=O) groups is 1.